The molecule has 4 heterocycles. The second-order valence-corrected chi connectivity index (χ2v) is 10.8. The first-order valence-electron chi connectivity index (χ1n) is 13.3. The molecule has 0 spiro atoms. The molecule has 0 aromatic carbocycles. The molecule has 35 heavy (non-hydrogen) atoms. The number of amides is 3. The van der Waals surface area contributed by atoms with Crippen molar-refractivity contribution in [3.63, 3.8) is 0 Å². The molecule has 8 heteroatoms. The topological polar surface area (TPSA) is 79.2 Å². The van der Waals surface area contributed by atoms with Crippen molar-refractivity contribution < 1.29 is 14.3 Å². The van der Waals surface area contributed by atoms with Gasteiger partial charge in [-0.3, -0.25) is 15.0 Å². The van der Waals surface area contributed by atoms with E-state index < -0.39 is 0 Å². The number of carbonyl (C=O) groups is 2. The van der Waals surface area contributed by atoms with E-state index in [1.54, 1.807) is 11.1 Å². The Morgan fingerprint density at radius 2 is 1.94 bits per heavy atom. The van der Waals surface area contributed by atoms with Crippen molar-refractivity contribution in [2.24, 2.45) is 11.8 Å². The van der Waals surface area contributed by atoms with Crippen LogP contribution in [0.1, 0.15) is 63.9 Å². The van der Waals surface area contributed by atoms with Gasteiger partial charge in [0.25, 0.3) is 0 Å². The zero-order valence-electron chi connectivity index (χ0n) is 21.1. The van der Waals surface area contributed by atoms with Crippen molar-refractivity contribution in [1.82, 2.24) is 19.8 Å². The van der Waals surface area contributed by atoms with Gasteiger partial charge in [-0.1, -0.05) is 0 Å². The molecule has 2 aromatic heterocycles. The zero-order chi connectivity index (χ0) is 24.4. The number of fused-ring (bicyclic) bond motifs is 1. The van der Waals surface area contributed by atoms with Crippen molar-refractivity contribution >= 4 is 23.1 Å². The van der Waals surface area contributed by atoms with Gasteiger partial charge in [-0.2, -0.15) is 5.10 Å². The van der Waals surface area contributed by atoms with Gasteiger partial charge in [0.1, 0.15) is 0 Å². The number of aromatic nitrogens is 2. The molecule has 1 N–H and O–H groups in total. The van der Waals surface area contributed by atoms with Crippen molar-refractivity contribution in [2.75, 3.05) is 31.6 Å². The number of carbonyl (C=O) groups excluding carboxylic acids is 2. The smallest absolute Gasteiger partial charge is 0.328 e. The molecule has 8 nitrogen and oxygen atoms in total. The number of hydrogen-bond acceptors (Lipinski definition) is 5. The minimum atomic E-state index is -0.366. The Morgan fingerprint density at radius 3 is 2.69 bits per heavy atom. The van der Waals surface area contributed by atoms with Crippen LogP contribution in [-0.4, -0.2) is 65.3 Å². The highest BCUT2D eigenvalue weighted by molar-refractivity contribution is 6.07. The minimum Gasteiger partial charge on any atom is -0.381 e. The van der Waals surface area contributed by atoms with E-state index in [4.69, 9.17) is 4.74 Å². The van der Waals surface area contributed by atoms with Crippen LogP contribution in [0, 0.1) is 11.8 Å². The monoisotopic (exact) mass is 481 g/mol. The van der Waals surface area contributed by atoms with Crippen LogP contribution in [0.4, 0.5) is 10.5 Å². The Kier molecular flexibility index (Phi) is 7.39. The third-order valence-corrected chi connectivity index (χ3v) is 8.51. The summed E-state index contributed by atoms with van der Waals surface area (Å²) in [5, 5.41) is 6.83. The Bertz CT molecular complexity index is 1040. The highest BCUT2D eigenvalue weighted by atomic mass is 16.5. The molecule has 3 aliphatic rings. The molecule has 0 bridgehead atoms. The SMILES string of the molecule is CO[C@H]1CC[C@H](CCN2CC[C@@H](Cc3ccn4ncc(N5CCC(=O)NC5=O)c4c3)C[C@@H]2C)CC1. The van der Waals surface area contributed by atoms with Crippen LogP contribution in [0.25, 0.3) is 5.52 Å². The maximum absolute atomic E-state index is 12.3. The lowest BCUT2D eigenvalue weighted by molar-refractivity contribution is -0.120. The van der Waals surface area contributed by atoms with E-state index in [1.807, 2.05) is 17.8 Å². The summed E-state index contributed by atoms with van der Waals surface area (Å²) >= 11 is 0. The first kappa shape index (κ1) is 24.3. The average Bonchev–Trinajstić information content (AvgIpc) is 3.27. The molecule has 2 aromatic rings. The number of rotatable bonds is 7. The van der Waals surface area contributed by atoms with Gasteiger partial charge in [0.2, 0.25) is 5.91 Å². The largest absolute Gasteiger partial charge is 0.381 e. The fourth-order valence-electron chi connectivity index (χ4n) is 6.31. The number of nitrogens with one attached hydrogen (secondary N) is 1. The second kappa shape index (κ2) is 10.7. The van der Waals surface area contributed by atoms with Crippen LogP contribution in [0.5, 0.6) is 0 Å². The standard InChI is InChI=1S/C27H39N5O3/c1-19-15-21(8-12-30(19)11-7-20-3-5-23(35-2)6-4-20)16-22-9-14-32-24(17-22)25(18-28-32)31-13-10-26(33)29-27(31)34/h9,14,17-21,23H,3-8,10-13,15-16H2,1-2H3,(H,29,33,34)/t19-,20-,21+,23-/m0/s1. The molecule has 1 aliphatic carbocycles. The van der Waals surface area contributed by atoms with E-state index in [2.05, 4.69) is 34.4 Å². The quantitative estimate of drug-likeness (QED) is 0.646. The highest BCUT2D eigenvalue weighted by Gasteiger charge is 2.29. The number of anilines is 1. The fraction of sp³-hybridized carbons (Fsp3) is 0.667. The van der Waals surface area contributed by atoms with Crippen molar-refractivity contribution in [3.05, 3.63) is 30.1 Å². The Balaban J connectivity index is 1.16. The van der Waals surface area contributed by atoms with Crippen LogP contribution in [0.3, 0.4) is 0 Å². The Hall–Kier alpha value is -2.45. The number of ether oxygens (including phenoxy) is 1. The van der Waals surface area contributed by atoms with Crippen LogP contribution in [-0.2, 0) is 16.0 Å². The number of piperidine rings is 1. The van der Waals surface area contributed by atoms with E-state index in [1.165, 1.54) is 63.6 Å². The number of pyridine rings is 1. The summed E-state index contributed by atoms with van der Waals surface area (Å²) in [4.78, 5) is 28.2. The third kappa shape index (κ3) is 5.54. The van der Waals surface area contributed by atoms with Crippen LogP contribution >= 0.6 is 0 Å². The highest BCUT2D eigenvalue weighted by Crippen LogP contribution is 2.31. The Morgan fingerprint density at radius 1 is 1.11 bits per heavy atom. The van der Waals surface area contributed by atoms with Gasteiger partial charge in [-0.15, -0.1) is 0 Å². The number of likely N-dealkylation sites (tertiary alicyclic amines) is 1. The first-order valence-corrected chi connectivity index (χ1v) is 13.3. The van der Waals surface area contributed by atoms with Gasteiger partial charge in [0.15, 0.2) is 0 Å². The molecule has 2 saturated heterocycles. The minimum absolute atomic E-state index is 0.220. The van der Waals surface area contributed by atoms with Crippen LogP contribution in [0.2, 0.25) is 0 Å². The van der Waals surface area contributed by atoms with E-state index in [-0.39, 0.29) is 11.9 Å². The van der Waals surface area contributed by atoms with Gasteiger partial charge in [0.05, 0.1) is 23.5 Å². The summed E-state index contributed by atoms with van der Waals surface area (Å²) < 4.78 is 7.34. The van der Waals surface area contributed by atoms with Gasteiger partial charge in [-0.25, -0.2) is 9.31 Å². The number of urea groups is 1. The summed E-state index contributed by atoms with van der Waals surface area (Å²) in [6.07, 6.45) is 14.4. The number of nitrogens with zero attached hydrogens (tertiary/aromatic N) is 4. The first-order chi connectivity index (χ1) is 17.0. The lowest BCUT2D eigenvalue weighted by Gasteiger charge is -2.39. The molecule has 190 valence electrons. The van der Waals surface area contributed by atoms with E-state index in [9.17, 15) is 9.59 Å². The van der Waals surface area contributed by atoms with Crippen molar-refractivity contribution in [2.45, 2.75) is 76.9 Å². The van der Waals surface area contributed by atoms with E-state index in [0.29, 0.717) is 31.0 Å². The van der Waals surface area contributed by atoms with Gasteiger partial charge < -0.3 is 9.64 Å². The number of hydrogen-bond donors (Lipinski definition) is 1. The van der Waals surface area contributed by atoms with Gasteiger partial charge in [0, 0.05) is 32.3 Å². The predicted molar refractivity (Wildman–Crippen MR) is 136 cm³/mol. The molecule has 0 radical (unpaired) electrons. The summed E-state index contributed by atoms with van der Waals surface area (Å²) in [6.45, 7) is 5.19. The predicted octanol–water partition coefficient (Wildman–Crippen LogP) is 4.02. The molecule has 0 unspecified atom stereocenters. The molecular weight excluding hydrogens is 442 g/mol. The molecule has 5 rings (SSSR count). The fourth-order valence-corrected chi connectivity index (χ4v) is 6.31. The molecule has 3 amide bonds. The maximum atomic E-state index is 12.3. The average molecular weight is 482 g/mol. The van der Waals surface area contributed by atoms with Gasteiger partial charge in [-0.05, 0) is 101 Å². The summed E-state index contributed by atoms with van der Waals surface area (Å²) in [5.41, 5.74) is 2.97. The summed E-state index contributed by atoms with van der Waals surface area (Å²) in [7, 11) is 1.85. The van der Waals surface area contributed by atoms with Crippen molar-refractivity contribution in [1.29, 1.82) is 0 Å². The molecule has 2 aliphatic heterocycles. The third-order valence-electron chi connectivity index (χ3n) is 8.51. The summed E-state index contributed by atoms with van der Waals surface area (Å²) in [5.74, 6) is 1.31. The lowest BCUT2D eigenvalue weighted by Crippen LogP contribution is -2.49. The number of imide groups is 1. The normalized spacial score (nSPS) is 28.5. The Labute approximate surface area is 208 Å². The van der Waals surface area contributed by atoms with Crippen LogP contribution < -0.4 is 10.2 Å². The zero-order valence-corrected chi connectivity index (χ0v) is 21.1. The molecular formula is C27H39N5O3. The summed E-state index contributed by atoms with van der Waals surface area (Å²) in [6, 6.07) is 4.57. The number of methoxy groups -OCH3 is 1. The van der Waals surface area contributed by atoms with E-state index >= 15 is 0 Å². The second-order valence-electron chi connectivity index (χ2n) is 10.8. The molecule has 2 atom stereocenters. The van der Waals surface area contributed by atoms with Gasteiger partial charge >= 0.3 is 6.03 Å². The van der Waals surface area contributed by atoms with Crippen LogP contribution in [0.15, 0.2) is 24.5 Å². The van der Waals surface area contributed by atoms with E-state index in [0.717, 1.165) is 23.5 Å². The van der Waals surface area contributed by atoms with Crippen molar-refractivity contribution in [3.8, 4) is 0 Å². The molecule has 3 fully saturated rings. The lowest BCUT2D eigenvalue weighted by atomic mass is 9.84. The maximum Gasteiger partial charge on any atom is 0.328 e. The molecule has 1 saturated carbocycles.